The summed E-state index contributed by atoms with van der Waals surface area (Å²) in [5, 5.41) is 5.84. The van der Waals surface area contributed by atoms with Gasteiger partial charge < -0.3 is 15.5 Å². The highest BCUT2D eigenvalue weighted by Crippen LogP contribution is 2.27. The maximum Gasteiger partial charge on any atom is 0.315 e. The fraction of sp³-hybridized carbons (Fsp3) is 0.611. The van der Waals surface area contributed by atoms with Gasteiger partial charge in [-0.15, -0.1) is 0 Å². The smallest absolute Gasteiger partial charge is 0.315 e. The number of benzene rings is 1. The lowest BCUT2D eigenvalue weighted by atomic mass is 9.98. The van der Waals surface area contributed by atoms with Gasteiger partial charge in [-0.3, -0.25) is 0 Å². The van der Waals surface area contributed by atoms with Gasteiger partial charge in [0.15, 0.2) is 0 Å². The van der Waals surface area contributed by atoms with Crippen LogP contribution < -0.4 is 15.5 Å². The van der Waals surface area contributed by atoms with E-state index in [4.69, 9.17) is 0 Å². The first-order valence-electron chi connectivity index (χ1n) is 8.32. The second-order valence-corrected chi connectivity index (χ2v) is 7.03. The molecule has 0 saturated carbocycles. The minimum Gasteiger partial charge on any atom is -0.372 e. The van der Waals surface area contributed by atoms with E-state index in [0.717, 1.165) is 25.9 Å². The van der Waals surface area contributed by atoms with Crippen LogP contribution in [-0.4, -0.2) is 31.2 Å². The van der Waals surface area contributed by atoms with Crippen molar-refractivity contribution in [1.29, 1.82) is 0 Å². The normalized spacial score (nSPS) is 14.5. The molecular weight excluding hydrogens is 274 g/mol. The van der Waals surface area contributed by atoms with Crippen LogP contribution in [0.25, 0.3) is 0 Å². The summed E-state index contributed by atoms with van der Waals surface area (Å²) in [5.41, 5.74) is 3.94. The first kappa shape index (κ1) is 16.7. The lowest BCUT2D eigenvalue weighted by Crippen LogP contribution is -2.46. The van der Waals surface area contributed by atoms with E-state index in [1.165, 1.54) is 23.2 Å². The molecule has 4 heteroatoms. The molecule has 22 heavy (non-hydrogen) atoms. The van der Waals surface area contributed by atoms with Gasteiger partial charge in [0.1, 0.15) is 0 Å². The Labute approximate surface area is 134 Å². The van der Waals surface area contributed by atoms with Crippen molar-refractivity contribution in [2.45, 2.75) is 52.5 Å². The van der Waals surface area contributed by atoms with Crippen LogP contribution in [0.1, 0.15) is 45.2 Å². The monoisotopic (exact) mass is 303 g/mol. The zero-order valence-electron chi connectivity index (χ0n) is 14.3. The van der Waals surface area contributed by atoms with Gasteiger partial charge in [-0.05, 0) is 64.2 Å². The summed E-state index contributed by atoms with van der Waals surface area (Å²) in [4.78, 5) is 14.2. The summed E-state index contributed by atoms with van der Waals surface area (Å²) in [5.74, 6) is 0. The Morgan fingerprint density at radius 3 is 2.77 bits per heavy atom. The second kappa shape index (κ2) is 7.03. The standard InChI is InChI=1S/C18H29N3O/c1-5-21-12-6-7-15-13-14(8-9-16(15)21)10-11-19-17(22)20-18(2,3)4/h8-9,13H,5-7,10-12H2,1-4H3,(H2,19,20,22). The van der Waals surface area contributed by atoms with Gasteiger partial charge in [-0.1, -0.05) is 12.1 Å². The van der Waals surface area contributed by atoms with Crippen molar-refractivity contribution in [3.63, 3.8) is 0 Å². The number of nitrogens with zero attached hydrogens (tertiary/aromatic N) is 1. The molecule has 0 bridgehead atoms. The number of amides is 2. The first-order valence-corrected chi connectivity index (χ1v) is 8.32. The number of nitrogens with one attached hydrogen (secondary N) is 2. The molecule has 1 aromatic rings. The maximum absolute atomic E-state index is 11.7. The number of rotatable bonds is 4. The molecule has 0 fully saturated rings. The first-order chi connectivity index (χ1) is 10.4. The Hall–Kier alpha value is -1.71. The Balaban J connectivity index is 1.88. The highest BCUT2D eigenvalue weighted by atomic mass is 16.2. The van der Waals surface area contributed by atoms with Crippen molar-refractivity contribution in [1.82, 2.24) is 10.6 Å². The summed E-state index contributed by atoms with van der Waals surface area (Å²) in [6.45, 7) is 11.1. The molecule has 1 aromatic carbocycles. The molecule has 122 valence electrons. The van der Waals surface area contributed by atoms with Crippen LogP contribution >= 0.6 is 0 Å². The summed E-state index contributed by atoms with van der Waals surface area (Å²) >= 11 is 0. The molecule has 0 aromatic heterocycles. The van der Waals surface area contributed by atoms with E-state index in [2.05, 4.69) is 40.7 Å². The van der Waals surface area contributed by atoms with Crippen LogP contribution in [0, 0.1) is 0 Å². The number of hydrogen-bond acceptors (Lipinski definition) is 2. The quantitative estimate of drug-likeness (QED) is 0.897. The van der Waals surface area contributed by atoms with Crippen molar-refractivity contribution in [2.75, 3.05) is 24.5 Å². The molecule has 2 rings (SSSR count). The predicted octanol–water partition coefficient (Wildman–Crippen LogP) is 3.10. The molecule has 0 atom stereocenters. The fourth-order valence-corrected chi connectivity index (χ4v) is 2.92. The maximum atomic E-state index is 11.7. The van der Waals surface area contributed by atoms with Crippen LogP contribution in [-0.2, 0) is 12.8 Å². The Bertz CT molecular complexity index is 520. The van der Waals surface area contributed by atoms with Crippen molar-refractivity contribution < 1.29 is 4.79 Å². The molecule has 1 aliphatic heterocycles. The van der Waals surface area contributed by atoms with E-state index in [9.17, 15) is 4.79 Å². The minimum atomic E-state index is -0.195. The highest BCUT2D eigenvalue weighted by molar-refractivity contribution is 5.74. The van der Waals surface area contributed by atoms with Crippen molar-refractivity contribution in [2.24, 2.45) is 0 Å². The largest absolute Gasteiger partial charge is 0.372 e. The van der Waals surface area contributed by atoms with Crippen LogP contribution in [0.3, 0.4) is 0 Å². The van der Waals surface area contributed by atoms with E-state index in [-0.39, 0.29) is 11.6 Å². The van der Waals surface area contributed by atoms with Crippen LogP contribution in [0.15, 0.2) is 18.2 Å². The Kier molecular flexibility index (Phi) is 5.33. The number of carbonyl (C=O) groups is 1. The number of hydrogen-bond donors (Lipinski definition) is 2. The van der Waals surface area contributed by atoms with Crippen LogP contribution in [0.2, 0.25) is 0 Å². The summed E-state index contributed by atoms with van der Waals surface area (Å²) < 4.78 is 0. The molecule has 2 N–H and O–H groups in total. The molecule has 2 amide bonds. The zero-order valence-corrected chi connectivity index (χ0v) is 14.3. The third-order valence-electron chi connectivity index (χ3n) is 3.93. The number of anilines is 1. The second-order valence-electron chi connectivity index (χ2n) is 7.03. The molecule has 1 heterocycles. The van der Waals surface area contributed by atoms with Gasteiger partial charge in [-0.2, -0.15) is 0 Å². The van der Waals surface area contributed by atoms with E-state index in [0.29, 0.717) is 6.54 Å². The average Bonchev–Trinajstić information content (AvgIpc) is 2.44. The number of carbonyl (C=O) groups excluding carboxylic acids is 1. The molecule has 0 aliphatic carbocycles. The van der Waals surface area contributed by atoms with Gasteiger partial charge >= 0.3 is 6.03 Å². The van der Waals surface area contributed by atoms with Crippen molar-refractivity contribution in [3.8, 4) is 0 Å². The summed E-state index contributed by atoms with van der Waals surface area (Å²) in [6.07, 6.45) is 3.27. The number of fused-ring (bicyclic) bond motifs is 1. The van der Waals surface area contributed by atoms with Crippen molar-refractivity contribution in [3.05, 3.63) is 29.3 Å². The van der Waals surface area contributed by atoms with Crippen LogP contribution in [0.5, 0.6) is 0 Å². The van der Waals surface area contributed by atoms with E-state index in [1.54, 1.807) is 0 Å². The molecular formula is C18H29N3O. The van der Waals surface area contributed by atoms with Gasteiger partial charge in [-0.25, -0.2) is 4.79 Å². The van der Waals surface area contributed by atoms with Gasteiger partial charge in [0.25, 0.3) is 0 Å². The lowest BCUT2D eigenvalue weighted by molar-refractivity contribution is 0.232. The Morgan fingerprint density at radius 2 is 2.09 bits per heavy atom. The number of urea groups is 1. The SMILES string of the molecule is CCN1CCCc2cc(CCNC(=O)NC(C)(C)C)ccc21. The molecule has 1 aliphatic rings. The zero-order chi connectivity index (χ0) is 16.2. The summed E-state index contributed by atoms with van der Waals surface area (Å²) in [7, 11) is 0. The van der Waals surface area contributed by atoms with E-state index >= 15 is 0 Å². The minimum absolute atomic E-state index is 0.0948. The lowest BCUT2D eigenvalue weighted by Gasteiger charge is -2.30. The molecule has 0 spiro atoms. The topological polar surface area (TPSA) is 44.4 Å². The third-order valence-corrected chi connectivity index (χ3v) is 3.93. The van der Waals surface area contributed by atoms with Gasteiger partial charge in [0, 0.05) is 30.9 Å². The molecule has 0 radical (unpaired) electrons. The van der Waals surface area contributed by atoms with Gasteiger partial charge in [0.05, 0.1) is 0 Å². The van der Waals surface area contributed by atoms with E-state index < -0.39 is 0 Å². The highest BCUT2D eigenvalue weighted by Gasteiger charge is 2.16. The molecule has 0 saturated heterocycles. The third kappa shape index (κ3) is 4.65. The van der Waals surface area contributed by atoms with Crippen molar-refractivity contribution >= 4 is 11.7 Å². The average molecular weight is 303 g/mol. The fourth-order valence-electron chi connectivity index (χ4n) is 2.92. The van der Waals surface area contributed by atoms with E-state index in [1.807, 2.05) is 20.8 Å². The molecule has 0 unspecified atom stereocenters. The Morgan fingerprint density at radius 1 is 1.32 bits per heavy atom. The van der Waals surface area contributed by atoms with Gasteiger partial charge in [0.2, 0.25) is 0 Å². The van der Waals surface area contributed by atoms with Crippen LogP contribution in [0.4, 0.5) is 10.5 Å². The number of aryl methyl sites for hydroxylation is 1. The predicted molar refractivity (Wildman–Crippen MR) is 92.6 cm³/mol. The molecule has 4 nitrogen and oxygen atoms in total. The summed E-state index contributed by atoms with van der Waals surface area (Å²) in [6, 6.07) is 6.64.